The van der Waals surface area contributed by atoms with Gasteiger partial charge in [-0.2, -0.15) is 5.10 Å². The minimum Gasteiger partial charge on any atom is -0.352 e. The van der Waals surface area contributed by atoms with E-state index < -0.39 is 0 Å². The van der Waals surface area contributed by atoms with Gasteiger partial charge in [0.15, 0.2) is 0 Å². The van der Waals surface area contributed by atoms with Crippen LogP contribution in [-0.2, 0) is 11.3 Å². The Morgan fingerprint density at radius 3 is 2.92 bits per heavy atom. The topological polar surface area (TPSA) is 72.7 Å². The molecule has 3 aromatic rings. The summed E-state index contributed by atoms with van der Waals surface area (Å²) in [5.74, 6) is 0.740. The Morgan fingerprint density at radius 1 is 1.31 bits per heavy atom. The van der Waals surface area contributed by atoms with Crippen molar-refractivity contribution in [3.8, 4) is 0 Å². The van der Waals surface area contributed by atoms with Crippen molar-refractivity contribution in [2.75, 3.05) is 5.75 Å². The van der Waals surface area contributed by atoms with Gasteiger partial charge in [0, 0.05) is 23.6 Å². The van der Waals surface area contributed by atoms with E-state index in [-0.39, 0.29) is 11.9 Å². The van der Waals surface area contributed by atoms with E-state index in [1.165, 1.54) is 22.8 Å². The molecular weight excluding hydrogens is 346 g/mol. The van der Waals surface area contributed by atoms with Gasteiger partial charge < -0.3 is 5.32 Å². The summed E-state index contributed by atoms with van der Waals surface area (Å²) >= 11 is 1.61. The third-order valence-corrected chi connectivity index (χ3v) is 4.97. The van der Waals surface area contributed by atoms with Crippen LogP contribution in [0.25, 0.3) is 10.9 Å². The van der Waals surface area contributed by atoms with Crippen molar-refractivity contribution >= 4 is 28.6 Å². The molecule has 26 heavy (non-hydrogen) atoms. The first-order valence-corrected chi connectivity index (χ1v) is 9.62. The van der Waals surface area contributed by atoms with Gasteiger partial charge in [-0.1, -0.05) is 11.6 Å². The number of hydrogen-bond donors (Lipinski definition) is 1. The highest BCUT2D eigenvalue weighted by Gasteiger charge is 2.09. The van der Waals surface area contributed by atoms with Crippen molar-refractivity contribution in [3.63, 3.8) is 0 Å². The first-order chi connectivity index (χ1) is 12.5. The van der Waals surface area contributed by atoms with Gasteiger partial charge >= 0.3 is 0 Å². The normalized spacial score (nSPS) is 12.3. The first kappa shape index (κ1) is 18.4. The van der Waals surface area contributed by atoms with Crippen LogP contribution in [0.15, 0.2) is 41.9 Å². The molecule has 0 spiro atoms. The number of fused-ring (bicyclic) bond motifs is 1. The lowest BCUT2D eigenvalue weighted by atomic mass is 10.1. The van der Waals surface area contributed by atoms with Crippen molar-refractivity contribution in [3.05, 3.63) is 48.0 Å². The zero-order valence-electron chi connectivity index (χ0n) is 15.3. The van der Waals surface area contributed by atoms with Crippen LogP contribution in [0, 0.1) is 13.8 Å². The third-order valence-electron chi connectivity index (χ3n) is 4.06. The average Bonchev–Trinajstić information content (AvgIpc) is 3.08. The Bertz CT molecular complexity index is 894. The number of carbonyl (C=O) groups excluding carboxylic acids is 1. The second kappa shape index (κ2) is 8.31. The van der Waals surface area contributed by atoms with Crippen LogP contribution in [0.4, 0.5) is 0 Å². The number of rotatable bonds is 7. The molecular formula is C19H23N5OS. The van der Waals surface area contributed by atoms with Crippen LogP contribution in [0.1, 0.15) is 24.5 Å². The number of thioether (sulfide) groups is 1. The van der Waals surface area contributed by atoms with Crippen molar-refractivity contribution in [1.82, 2.24) is 25.1 Å². The van der Waals surface area contributed by atoms with Crippen LogP contribution >= 0.6 is 11.8 Å². The fraction of sp³-hybridized carbons (Fsp3) is 0.368. The zero-order chi connectivity index (χ0) is 18.5. The first-order valence-electron chi connectivity index (χ1n) is 8.64. The van der Waals surface area contributed by atoms with E-state index in [2.05, 4.69) is 53.5 Å². The van der Waals surface area contributed by atoms with Crippen LogP contribution in [0.2, 0.25) is 0 Å². The number of benzene rings is 1. The average molecular weight is 369 g/mol. The van der Waals surface area contributed by atoms with Crippen LogP contribution < -0.4 is 5.32 Å². The highest BCUT2D eigenvalue weighted by Crippen LogP contribution is 2.24. The molecule has 3 rings (SSSR count). The van der Waals surface area contributed by atoms with E-state index in [1.807, 2.05) is 6.92 Å². The molecule has 0 bridgehead atoms. The van der Waals surface area contributed by atoms with E-state index in [1.54, 1.807) is 22.8 Å². The molecule has 0 radical (unpaired) electrons. The summed E-state index contributed by atoms with van der Waals surface area (Å²) in [4.78, 5) is 20.7. The maximum absolute atomic E-state index is 12.1. The van der Waals surface area contributed by atoms with Gasteiger partial charge in [-0.15, -0.1) is 11.8 Å². The number of pyridine rings is 1. The molecule has 2 heterocycles. The molecule has 136 valence electrons. The quantitative estimate of drug-likeness (QED) is 0.648. The molecule has 2 aromatic heterocycles. The molecule has 0 aliphatic carbocycles. The summed E-state index contributed by atoms with van der Waals surface area (Å²) in [6.45, 7) is 6.77. The minimum absolute atomic E-state index is 0.0125. The summed E-state index contributed by atoms with van der Waals surface area (Å²) in [7, 11) is 0. The van der Waals surface area contributed by atoms with E-state index in [0.717, 1.165) is 10.5 Å². The van der Waals surface area contributed by atoms with Crippen LogP contribution in [-0.4, -0.2) is 37.5 Å². The number of carbonyl (C=O) groups is 1. The second-order valence-electron chi connectivity index (χ2n) is 6.48. The summed E-state index contributed by atoms with van der Waals surface area (Å²) in [6, 6.07) is 8.40. The Balaban J connectivity index is 1.50. The maximum Gasteiger partial charge on any atom is 0.221 e. The van der Waals surface area contributed by atoms with Gasteiger partial charge in [0.1, 0.15) is 12.7 Å². The number of hydrogen-bond acceptors (Lipinski definition) is 5. The fourth-order valence-corrected chi connectivity index (χ4v) is 3.72. The SMILES string of the molecule is Cc1ccc2nc(SCCC(=O)N[C@H](C)Cn3cncn3)cc(C)c2c1. The molecule has 0 aliphatic heterocycles. The van der Waals surface area contributed by atoms with Crippen molar-refractivity contribution < 1.29 is 4.79 Å². The number of amides is 1. The Labute approximate surface area is 157 Å². The van der Waals surface area contributed by atoms with E-state index in [4.69, 9.17) is 4.98 Å². The Hall–Kier alpha value is -2.41. The predicted molar refractivity (Wildman–Crippen MR) is 104 cm³/mol. The van der Waals surface area contributed by atoms with Gasteiger partial charge in [-0.05, 0) is 44.5 Å². The maximum atomic E-state index is 12.1. The second-order valence-corrected chi connectivity index (χ2v) is 7.60. The number of nitrogens with zero attached hydrogens (tertiary/aromatic N) is 4. The summed E-state index contributed by atoms with van der Waals surface area (Å²) in [5.41, 5.74) is 3.45. The lowest BCUT2D eigenvalue weighted by Crippen LogP contribution is -2.35. The lowest BCUT2D eigenvalue weighted by molar-refractivity contribution is -0.121. The Morgan fingerprint density at radius 2 is 2.15 bits per heavy atom. The molecule has 1 amide bonds. The molecule has 0 saturated carbocycles. The van der Waals surface area contributed by atoms with E-state index in [9.17, 15) is 4.79 Å². The molecule has 0 fully saturated rings. The smallest absolute Gasteiger partial charge is 0.221 e. The lowest BCUT2D eigenvalue weighted by Gasteiger charge is -2.13. The van der Waals surface area contributed by atoms with Crippen LogP contribution in [0.3, 0.4) is 0 Å². The zero-order valence-corrected chi connectivity index (χ0v) is 16.1. The summed E-state index contributed by atoms with van der Waals surface area (Å²) in [6.07, 6.45) is 3.60. The van der Waals surface area contributed by atoms with Gasteiger partial charge in [0.2, 0.25) is 5.91 Å². The van der Waals surface area contributed by atoms with Gasteiger partial charge in [-0.3, -0.25) is 9.48 Å². The van der Waals surface area contributed by atoms with Crippen LogP contribution in [0.5, 0.6) is 0 Å². The molecule has 1 N–H and O–H groups in total. The summed E-state index contributed by atoms with van der Waals surface area (Å²) in [5, 5.41) is 9.19. The number of aryl methyl sites for hydroxylation is 2. The molecule has 0 unspecified atom stereocenters. The van der Waals surface area contributed by atoms with E-state index >= 15 is 0 Å². The minimum atomic E-state index is 0.0125. The van der Waals surface area contributed by atoms with Crippen molar-refractivity contribution in [2.45, 2.75) is 44.8 Å². The fourth-order valence-electron chi connectivity index (χ4n) is 2.80. The van der Waals surface area contributed by atoms with Crippen molar-refractivity contribution in [2.24, 2.45) is 0 Å². The molecule has 1 atom stereocenters. The van der Waals surface area contributed by atoms with Gasteiger partial charge in [-0.25, -0.2) is 9.97 Å². The molecule has 7 heteroatoms. The van der Waals surface area contributed by atoms with Gasteiger partial charge in [0.25, 0.3) is 0 Å². The highest BCUT2D eigenvalue weighted by atomic mass is 32.2. The standard InChI is InChI=1S/C19H23N5OS/c1-13-4-5-17-16(8-13)14(2)9-19(23-17)26-7-6-18(25)22-15(3)10-24-12-20-11-21-24/h4-5,8-9,11-12,15H,6-7,10H2,1-3H3,(H,22,25)/t15-/m1/s1. The molecule has 0 aliphatic rings. The molecule has 1 aromatic carbocycles. The van der Waals surface area contributed by atoms with Crippen molar-refractivity contribution in [1.29, 1.82) is 0 Å². The highest BCUT2D eigenvalue weighted by molar-refractivity contribution is 7.99. The summed E-state index contributed by atoms with van der Waals surface area (Å²) < 4.78 is 1.71. The largest absolute Gasteiger partial charge is 0.352 e. The number of nitrogens with one attached hydrogen (secondary N) is 1. The van der Waals surface area contributed by atoms with Gasteiger partial charge in [0.05, 0.1) is 17.1 Å². The molecule has 6 nitrogen and oxygen atoms in total. The third kappa shape index (κ3) is 4.82. The number of aromatic nitrogens is 4. The monoisotopic (exact) mass is 369 g/mol. The Kier molecular flexibility index (Phi) is 5.88. The predicted octanol–water partition coefficient (Wildman–Crippen LogP) is 3.13. The van der Waals surface area contributed by atoms with E-state index in [0.29, 0.717) is 18.7 Å². The molecule has 0 saturated heterocycles.